The van der Waals surface area contributed by atoms with Crippen molar-refractivity contribution in [2.75, 3.05) is 13.1 Å². The lowest BCUT2D eigenvalue weighted by Gasteiger charge is -2.21. The zero-order chi connectivity index (χ0) is 35.7. The van der Waals surface area contributed by atoms with E-state index in [1.807, 2.05) is 36.4 Å². The molecule has 0 bridgehead atoms. The number of hydrogen-bond donors (Lipinski definition) is 4. The molecule has 0 aromatic heterocycles. The van der Waals surface area contributed by atoms with Crippen molar-refractivity contribution in [3.8, 4) is 0 Å². The molecule has 258 valence electrons. The minimum absolute atomic E-state index is 0.0771. The Labute approximate surface area is 281 Å². The van der Waals surface area contributed by atoms with Crippen molar-refractivity contribution in [1.29, 1.82) is 0 Å². The highest BCUT2D eigenvalue weighted by Crippen LogP contribution is 2.14. The van der Waals surface area contributed by atoms with Gasteiger partial charge < -0.3 is 35.9 Å². The fraction of sp³-hybridized carbons (Fsp3) is 0.361. The van der Waals surface area contributed by atoms with Crippen molar-refractivity contribution in [2.45, 2.75) is 71.4 Å². The van der Waals surface area contributed by atoms with Gasteiger partial charge in [0.1, 0.15) is 43.0 Å². The maximum atomic E-state index is 12.6. The topological polar surface area (TPSA) is 175 Å². The Morgan fingerprint density at radius 2 is 1.04 bits per heavy atom. The highest BCUT2D eigenvalue weighted by molar-refractivity contribution is 5.89. The van der Waals surface area contributed by atoms with Crippen molar-refractivity contribution in [1.82, 2.24) is 16.0 Å². The number of rotatable bonds is 11. The van der Waals surface area contributed by atoms with Gasteiger partial charge in [-0.3, -0.25) is 19.2 Å². The summed E-state index contributed by atoms with van der Waals surface area (Å²) in [5, 5.41) is 7.51. The standard InChI is InChI=1S/C22H26N2O5.C14H20N2O3/c1-22(2,3)29-18(25)14-23-20(26)19(17-12-8-5-9-13-17)24-21(27)28-15-16-10-6-4-7-11-16;1-14(2,3)19-11(17)9-16-13(18)12(15)10-7-5-4-6-8-10/h4-13,19H,14-15H2,1-3H3,(H,23,26)(H,24,27);4-8,12H,9,15H2,1-3H3,(H,16,18)/t19-;12-/m11/s1. The van der Waals surface area contributed by atoms with Gasteiger partial charge in [-0.1, -0.05) is 91.0 Å². The van der Waals surface area contributed by atoms with E-state index in [9.17, 15) is 24.0 Å². The number of carbonyl (C=O) groups is 5. The summed E-state index contributed by atoms with van der Waals surface area (Å²) in [6.07, 6.45) is -0.741. The second kappa shape index (κ2) is 18.8. The molecule has 0 radical (unpaired) electrons. The SMILES string of the molecule is CC(C)(C)OC(=O)CNC(=O)[C@H](N)c1ccccc1.CC(C)(C)OC(=O)CNC(=O)[C@H](NC(=O)OCc1ccccc1)c1ccccc1. The van der Waals surface area contributed by atoms with E-state index in [2.05, 4.69) is 16.0 Å². The average Bonchev–Trinajstić information content (AvgIpc) is 3.03. The number of benzene rings is 3. The number of hydrogen-bond acceptors (Lipinski definition) is 9. The summed E-state index contributed by atoms with van der Waals surface area (Å²) in [5.41, 5.74) is 6.66. The quantitative estimate of drug-likeness (QED) is 0.173. The molecule has 3 aromatic rings. The molecular formula is C36H46N4O8. The zero-order valence-corrected chi connectivity index (χ0v) is 28.3. The largest absolute Gasteiger partial charge is 0.459 e. The number of alkyl carbamates (subject to hydrolysis) is 1. The van der Waals surface area contributed by atoms with Crippen molar-refractivity contribution in [3.05, 3.63) is 108 Å². The molecule has 3 aromatic carbocycles. The maximum absolute atomic E-state index is 12.6. The van der Waals surface area contributed by atoms with E-state index in [4.69, 9.17) is 19.9 Å². The van der Waals surface area contributed by atoms with E-state index in [1.54, 1.807) is 96.1 Å². The van der Waals surface area contributed by atoms with Crippen molar-refractivity contribution < 1.29 is 38.2 Å². The van der Waals surface area contributed by atoms with E-state index in [1.165, 1.54) is 0 Å². The Kier molecular flexibility index (Phi) is 15.3. The van der Waals surface area contributed by atoms with E-state index in [0.717, 1.165) is 5.56 Å². The number of esters is 2. The molecule has 3 amide bonds. The van der Waals surface area contributed by atoms with Crippen LogP contribution >= 0.6 is 0 Å². The summed E-state index contributed by atoms with van der Waals surface area (Å²) in [7, 11) is 0. The first-order valence-corrected chi connectivity index (χ1v) is 15.4. The summed E-state index contributed by atoms with van der Waals surface area (Å²) in [6, 6.07) is 25.1. The zero-order valence-electron chi connectivity index (χ0n) is 28.3. The van der Waals surface area contributed by atoms with E-state index in [0.29, 0.717) is 11.1 Å². The van der Waals surface area contributed by atoms with Gasteiger partial charge in [0.2, 0.25) is 11.8 Å². The van der Waals surface area contributed by atoms with Gasteiger partial charge in [0.25, 0.3) is 0 Å². The van der Waals surface area contributed by atoms with Crippen LogP contribution in [0.15, 0.2) is 91.0 Å². The molecule has 12 heteroatoms. The molecule has 0 saturated heterocycles. The molecule has 0 aliphatic carbocycles. The normalized spacial score (nSPS) is 12.1. The first kappa shape index (κ1) is 39.0. The van der Waals surface area contributed by atoms with Crippen molar-refractivity contribution >= 4 is 29.8 Å². The summed E-state index contributed by atoms with van der Waals surface area (Å²) in [5.74, 6) is -2.00. The number of nitrogens with one attached hydrogen (secondary N) is 3. The third kappa shape index (κ3) is 15.9. The fourth-order valence-corrected chi connectivity index (χ4v) is 3.93. The fourth-order valence-electron chi connectivity index (χ4n) is 3.93. The summed E-state index contributed by atoms with van der Waals surface area (Å²) < 4.78 is 15.5. The van der Waals surface area contributed by atoms with E-state index < -0.39 is 53.1 Å². The summed E-state index contributed by atoms with van der Waals surface area (Å²) in [6.45, 7) is 10.1. The van der Waals surface area contributed by atoms with Crippen LogP contribution in [0.2, 0.25) is 0 Å². The minimum atomic E-state index is -1.01. The summed E-state index contributed by atoms with van der Waals surface area (Å²) in [4.78, 5) is 59.9. The Balaban J connectivity index is 0.000000365. The monoisotopic (exact) mass is 662 g/mol. The molecule has 0 aliphatic heterocycles. The van der Waals surface area contributed by atoms with Crippen LogP contribution in [-0.2, 0) is 40.0 Å². The molecule has 0 unspecified atom stereocenters. The van der Waals surface area contributed by atoms with Gasteiger partial charge in [0, 0.05) is 0 Å². The van der Waals surface area contributed by atoms with Crippen LogP contribution in [0.5, 0.6) is 0 Å². The highest BCUT2D eigenvalue weighted by atomic mass is 16.6. The lowest BCUT2D eigenvalue weighted by atomic mass is 10.1. The molecule has 0 spiro atoms. The maximum Gasteiger partial charge on any atom is 0.408 e. The minimum Gasteiger partial charge on any atom is -0.459 e. The van der Waals surface area contributed by atoms with Crippen LogP contribution < -0.4 is 21.7 Å². The summed E-state index contributed by atoms with van der Waals surface area (Å²) >= 11 is 0. The second-order valence-electron chi connectivity index (χ2n) is 12.5. The average molecular weight is 663 g/mol. The van der Waals surface area contributed by atoms with Gasteiger partial charge in [-0.15, -0.1) is 0 Å². The van der Waals surface area contributed by atoms with Crippen LogP contribution in [0.1, 0.15) is 70.3 Å². The molecule has 0 fully saturated rings. The van der Waals surface area contributed by atoms with Crippen molar-refractivity contribution in [2.24, 2.45) is 5.73 Å². The van der Waals surface area contributed by atoms with Crippen molar-refractivity contribution in [3.63, 3.8) is 0 Å². The molecular weight excluding hydrogens is 616 g/mol. The highest BCUT2D eigenvalue weighted by Gasteiger charge is 2.25. The Hall–Kier alpha value is -5.23. The van der Waals surface area contributed by atoms with Crippen LogP contribution in [0.25, 0.3) is 0 Å². The first-order chi connectivity index (χ1) is 22.5. The molecule has 0 aliphatic rings. The molecule has 48 heavy (non-hydrogen) atoms. The third-order valence-electron chi connectivity index (χ3n) is 5.97. The Morgan fingerprint density at radius 1 is 0.625 bits per heavy atom. The van der Waals surface area contributed by atoms with Gasteiger partial charge in [-0.05, 0) is 58.2 Å². The third-order valence-corrected chi connectivity index (χ3v) is 5.97. The number of ether oxygens (including phenoxy) is 3. The molecule has 12 nitrogen and oxygen atoms in total. The Morgan fingerprint density at radius 3 is 1.50 bits per heavy atom. The number of carbonyl (C=O) groups excluding carboxylic acids is 5. The van der Waals surface area contributed by atoms with Crippen LogP contribution in [0, 0.1) is 0 Å². The lowest BCUT2D eigenvalue weighted by molar-refractivity contribution is -0.155. The number of amides is 3. The molecule has 0 heterocycles. The lowest BCUT2D eigenvalue weighted by Crippen LogP contribution is -2.43. The Bertz CT molecular complexity index is 1470. The smallest absolute Gasteiger partial charge is 0.408 e. The molecule has 0 saturated carbocycles. The van der Waals surface area contributed by atoms with E-state index in [-0.39, 0.29) is 19.7 Å². The molecule has 3 rings (SSSR count). The predicted octanol–water partition coefficient (Wildman–Crippen LogP) is 4.26. The molecule has 5 N–H and O–H groups in total. The second-order valence-corrected chi connectivity index (χ2v) is 12.5. The van der Waals surface area contributed by atoms with Gasteiger partial charge >= 0.3 is 18.0 Å². The van der Waals surface area contributed by atoms with Gasteiger partial charge in [0.15, 0.2) is 0 Å². The van der Waals surface area contributed by atoms with Crippen LogP contribution in [0.4, 0.5) is 4.79 Å². The predicted molar refractivity (Wildman–Crippen MR) is 180 cm³/mol. The van der Waals surface area contributed by atoms with Crippen LogP contribution in [0.3, 0.4) is 0 Å². The number of nitrogens with two attached hydrogens (primary N) is 1. The van der Waals surface area contributed by atoms with Crippen LogP contribution in [-0.4, -0.2) is 54.1 Å². The van der Waals surface area contributed by atoms with Gasteiger partial charge in [-0.2, -0.15) is 0 Å². The van der Waals surface area contributed by atoms with Gasteiger partial charge in [0.05, 0.1) is 0 Å². The van der Waals surface area contributed by atoms with E-state index >= 15 is 0 Å². The molecule has 2 atom stereocenters. The first-order valence-electron chi connectivity index (χ1n) is 15.4. The van der Waals surface area contributed by atoms with Gasteiger partial charge in [-0.25, -0.2) is 4.79 Å².